The molecule has 4 N–H and O–H groups in total. The number of nitrogens with one attached hydrogen (secondary N) is 3. The van der Waals surface area contributed by atoms with E-state index < -0.39 is 11.6 Å². The molecule has 0 radical (unpaired) electrons. The fourth-order valence-electron chi connectivity index (χ4n) is 6.91. The Morgan fingerprint density at radius 2 is 2.07 bits per heavy atom. The van der Waals surface area contributed by atoms with Crippen molar-refractivity contribution in [3.05, 3.63) is 53.1 Å². The molecule has 0 spiro atoms. The van der Waals surface area contributed by atoms with E-state index in [9.17, 15) is 19.6 Å². The predicted octanol–water partition coefficient (Wildman–Crippen LogP) is 4.14. The first-order valence-corrected chi connectivity index (χ1v) is 14.4. The molecule has 9 nitrogen and oxygen atoms in total. The van der Waals surface area contributed by atoms with Crippen molar-refractivity contribution in [2.75, 3.05) is 37.0 Å². The second-order valence-electron chi connectivity index (χ2n) is 11.3. The number of aromatic nitrogens is 1. The molecular weight excluding hydrogens is 566 g/mol. The fourth-order valence-corrected chi connectivity index (χ4v) is 6.91. The third kappa shape index (κ3) is 4.23. The van der Waals surface area contributed by atoms with E-state index in [0.717, 1.165) is 12.8 Å². The number of terminal acetylenes is 1. The number of phenolic OH excluding ortho intramolecular Hbond substituents is 1. The van der Waals surface area contributed by atoms with Crippen molar-refractivity contribution in [2.45, 2.75) is 37.4 Å². The molecule has 2 bridgehead atoms. The molecule has 1 amide bonds. The van der Waals surface area contributed by atoms with Gasteiger partial charge in [0.2, 0.25) is 5.91 Å². The third-order valence-electron chi connectivity index (χ3n) is 8.91. The summed E-state index contributed by atoms with van der Waals surface area (Å²) < 4.78 is 38.3. The highest BCUT2D eigenvalue weighted by molar-refractivity contribution is 6.08. The van der Waals surface area contributed by atoms with E-state index in [1.165, 1.54) is 37.4 Å². The van der Waals surface area contributed by atoms with Crippen molar-refractivity contribution in [1.29, 1.82) is 5.26 Å². The quantitative estimate of drug-likeness (QED) is 0.255. The van der Waals surface area contributed by atoms with Gasteiger partial charge in [0.15, 0.2) is 5.82 Å². The number of benzene rings is 3. The topological polar surface area (TPSA) is 123 Å². The number of fused-ring (bicyclic) bond motifs is 6. The number of hydrogen-bond acceptors (Lipinski definition) is 8. The van der Waals surface area contributed by atoms with Crippen LogP contribution in [0.25, 0.3) is 32.8 Å². The molecule has 3 unspecified atom stereocenters. The molecule has 4 aromatic rings. The van der Waals surface area contributed by atoms with Crippen molar-refractivity contribution in [1.82, 2.24) is 15.6 Å². The first-order chi connectivity index (χ1) is 21.3. The Kier molecular flexibility index (Phi) is 6.64. The van der Waals surface area contributed by atoms with Crippen LogP contribution in [0, 0.1) is 35.3 Å². The molecule has 44 heavy (non-hydrogen) atoms. The standard InChI is InChI=1S/C33H28F2N6O3/c1-3-19-23(34)6-4-16-10-18(42)11-20(28(16)19)21-12-26-29-31(30(21)35)40-33(38-9-8-27(43)37-2)22(13-36)32(29)41-14-17-5-7-24(39-17)25(41)15-44-26/h1,4,6,10-12,17,24-25,39,42H,5,7-9,14-15H2,2H3,(H,37,43)(H,38,40). The van der Waals surface area contributed by atoms with Gasteiger partial charge in [-0.2, -0.15) is 5.26 Å². The highest BCUT2D eigenvalue weighted by Gasteiger charge is 2.44. The molecule has 7 rings (SSSR count). The lowest BCUT2D eigenvalue weighted by Gasteiger charge is -2.41. The van der Waals surface area contributed by atoms with Crippen molar-refractivity contribution in [3.63, 3.8) is 0 Å². The molecule has 0 saturated carbocycles. The third-order valence-corrected chi connectivity index (χ3v) is 8.91. The molecular formula is C33H28F2N6O3. The number of halogens is 2. The number of piperazine rings is 1. The Balaban J connectivity index is 1.52. The number of nitrogens with zero attached hydrogens (tertiary/aromatic N) is 3. The number of nitriles is 1. The average Bonchev–Trinajstić information content (AvgIpc) is 3.33. The Morgan fingerprint density at radius 1 is 1.23 bits per heavy atom. The minimum atomic E-state index is -0.747. The van der Waals surface area contributed by atoms with Gasteiger partial charge in [-0.05, 0) is 48.1 Å². The summed E-state index contributed by atoms with van der Waals surface area (Å²) >= 11 is 0. The molecule has 222 valence electrons. The van der Waals surface area contributed by atoms with E-state index in [-0.39, 0.29) is 88.3 Å². The van der Waals surface area contributed by atoms with E-state index in [1.807, 2.05) is 0 Å². The average molecular weight is 595 g/mol. The second-order valence-corrected chi connectivity index (χ2v) is 11.3. The van der Waals surface area contributed by atoms with Crippen LogP contribution in [0.1, 0.15) is 30.4 Å². The molecule has 3 aliphatic rings. The Morgan fingerprint density at radius 3 is 2.84 bits per heavy atom. The van der Waals surface area contributed by atoms with Gasteiger partial charge in [0.1, 0.15) is 46.9 Å². The number of ether oxygens (including phenoxy) is 1. The van der Waals surface area contributed by atoms with Gasteiger partial charge >= 0.3 is 0 Å². The summed E-state index contributed by atoms with van der Waals surface area (Å²) in [5.41, 5.74) is 0.825. The highest BCUT2D eigenvalue weighted by atomic mass is 19.1. The Bertz CT molecular complexity index is 1970. The van der Waals surface area contributed by atoms with E-state index in [2.05, 4.69) is 37.8 Å². The lowest BCUT2D eigenvalue weighted by molar-refractivity contribution is -0.120. The molecule has 4 heterocycles. The minimum absolute atomic E-state index is 0.00878. The summed E-state index contributed by atoms with van der Waals surface area (Å²) in [7, 11) is 1.53. The van der Waals surface area contributed by atoms with E-state index in [1.54, 1.807) is 0 Å². The molecule has 0 aliphatic carbocycles. The van der Waals surface area contributed by atoms with Gasteiger partial charge in [0.25, 0.3) is 0 Å². The maximum absolute atomic E-state index is 17.0. The summed E-state index contributed by atoms with van der Waals surface area (Å²) in [6, 6.07) is 9.46. The zero-order chi connectivity index (χ0) is 30.7. The smallest absolute Gasteiger partial charge is 0.221 e. The summed E-state index contributed by atoms with van der Waals surface area (Å²) in [6.07, 6.45) is 7.73. The molecule has 11 heteroatoms. The van der Waals surface area contributed by atoms with Gasteiger partial charge in [-0.1, -0.05) is 12.0 Å². The second kappa shape index (κ2) is 10.5. The number of carbonyl (C=O) groups excluding carboxylic acids is 1. The van der Waals surface area contributed by atoms with Crippen LogP contribution in [-0.4, -0.2) is 60.9 Å². The largest absolute Gasteiger partial charge is 0.508 e. The molecule has 3 aliphatic heterocycles. The monoisotopic (exact) mass is 594 g/mol. The summed E-state index contributed by atoms with van der Waals surface area (Å²) in [5.74, 6) is 1.08. The number of rotatable bonds is 5. The van der Waals surface area contributed by atoms with Crippen LogP contribution in [0.4, 0.5) is 20.3 Å². The van der Waals surface area contributed by atoms with Crippen LogP contribution in [0.15, 0.2) is 30.3 Å². The van der Waals surface area contributed by atoms with Crippen LogP contribution in [0.3, 0.4) is 0 Å². The van der Waals surface area contributed by atoms with Crippen LogP contribution >= 0.6 is 0 Å². The molecule has 2 fully saturated rings. The predicted molar refractivity (Wildman–Crippen MR) is 163 cm³/mol. The highest BCUT2D eigenvalue weighted by Crippen LogP contribution is 2.48. The van der Waals surface area contributed by atoms with E-state index >= 15 is 4.39 Å². The van der Waals surface area contributed by atoms with Crippen LogP contribution in [0.5, 0.6) is 11.5 Å². The van der Waals surface area contributed by atoms with Crippen molar-refractivity contribution < 1.29 is 23.4 Å². The Hall–Kier alpha value is -5.13. The maximum Gasteiger partial charge on any atom is 0.221 e. The van der Waals surface area contributed by atoms with Crippen molar-refractivity contribution in [2.24, 2.45) is 0 Å². The molecule has 3 atom stereocenters. The lowest BCUT2D eigenvalue weighted by Crippen LogP contribution is -2.60. The van der Waals surface area contributed by atoms with Crippen LogP contribution in [0.2, 0.25) is 0 Å². The zero-order valence-corrected chi connectivity index (χ0v) is 23.8. The summed E-state index contributed by atoms with van der Waals surface area (Å²) in [5, 5.41) is 31.4. The van der Waals surface area contributed by atoms with Gasteiger partial charge in [-0.15, -0.1) is 6.42 Å². The fraction of sp³-hybridized carbons (Fsp3) is 0.303. The van der Waals surface area contributed by atoms with Crippen LogP contribution < -0.4 is 25.6 Å². The number of amides is 1. The molecule has 1 aromatic heterocycles. The lowest BCUT2D eigenvalue weighted by atomic mass is 9.92. The first kappa shape index (κ1) is 27.7. The zero-order valence-electron chi connectivity index (χ0n) is 23.8. The number of hydrogen-bond donors (Lipinski definition) is 4. The van der Waals surface area contributed by atoms with Crippen molar-refractivity contribution >= 4 is 39.1 Å². The van der Waals surface area contributed by atoms with Gasteiger partial charge in [0, 0.05) is 49.6 Å². The normalized spacial score (nSPS) is 19.9. The SMILES string of the molecule is C#Cc1c(F)ccc2cc(O)cc(-c3cc4c5c(c(C#N)c(NCCC(=O)NC)nc5c3F)N3CC5CCC(N5)C3CO4)c12. The number of phenols is 1. The first-order valence-electron chi connectivity index (χ1n) is 14.4. The number of pyridine rings is 1. The van der Waals surface area contributed by atoms with Gasteiger partial charge < -0.3 is 30.7 Å². The minimum Gasteiger partial charge on any atom is -0.508 e. The number of carbonyl (C=O) groups is 1. The summed E-state index contributed by atoms with van der Waals surface area (Å²) in [4.78, 5) is 18.7. The van der Waals surface area contributed by atoms with Gasteiger partial charge in [-0.3, -0.25) is 4.79 Å². The van der Waals surface area contributed by atoms with E-state index in [4.69, 9.17) is 11.2 Å². The maximum atomic E-state index is 17.0. The van der Waals surface area contributed by atoms with Gasteiger partial charge in [-0.25, -0.2) is 13.8 Å². The number of aromatic hydroxyl groups is 1. The summed E-state index contributed by atoms with van der Waals surface area (Å²) in [6.45, 7) is 1.03. The molecule has 2 saturated heterocycles. The Labute approximate surface area is 251 Å². The van der Waals surface area contributed by atoms with Crippen LogP contribution in [-0.2, 0) is 4.79 Å². The van der Waals surface area contributed by atoms with Crippen molar-refractivity contribution in [3.8, 4) is 41.0 Å². The van der Waals surface area contributed by atoms with E-state index in [0.29, 0.717) is 28.8 Å². The van der Waals surface area contributed by atoms with Gasteiger partial charge in [0.05, 0.1) is 22.7 Å². The number of anilines is 2. The molecule has 3 aromatic carbocycles.